The molecule has 1 aliphatic heterocycles. The summed E-state index contributed by atoms with van der Waals surface area (Å²) >= 11 is 0. The first kappa shape index (κ1) is 17.1. The molecule has 5 nitrogen and oxygen atoms in total. The Hall–Kier alpha value is -0.910. The Kier molecular flexibility index (Phi) is 5.35. The van der Waals surface area contributed by atoms with Gasteiger partial charge in [0.1, 0.15) is 12.1 Å². The predicted octanol–water partition coefficient (Wildman–Crippen LogP) is 0.905. The maximum atomic E-state index is 12.7. The van der Waals surface area contributed by atoms with E-state index in [4.69, 9.17) is 0 Å². The van der Waals surface area contributed by atoms with E-state index in [1.165, 1.54) is 0 Å². The van der Waals surface area contributed by atoms with Gasteiger partial charge < -0.3 is 10.2 Å². The quantitative estimate of drug-likeness (QED) is 0.839. The van der Waals surface area contributed by atoms with Gasteiger partial charge in [-0.2, -0.15) is 0 Å². The zero-order valence-corrected chi connectivity index (χ0v) is 14.0. The summed E-state index contributed by atoms with van der Waals surface area (Å²) in [5, 5.41) is 2.84. The molecule has 6 heteroatoms. The molecule has 0 spiro atoms. The third-order valence-corrected chi connectivity index (χ3v) is 4.58. The van der Waals surface area contributed by atoms with Crippen LogP contribution in [0.25, 0.3) is 0 Å². The van der Waals surface area contributed by atoms with Crippen molar-refractivity contribution in [3.05, 3.63) is 0 Å². The summed E-state index contributed by atoms with van der Waals surface area (Å²) in [6, 6.07) is -1.18. The molecule has 1 heterocycles. The van der Waals surface area contributed by atoms with Crippen molar-refractivity contribution in [2.45, 2.75) is 59.2 Å². The first-order valence-corrected chi connectivity index (χ1v) is 8.74. The summed E-state index contributed by atoms with van der Waals surface area (Å²) in [7, 11) is -0.998. The lowest BCUT2D eigenvalue weighted by Crippen LogP contribution is -2.68. The molecule has 0 radical (unpaired) electrons. The summed E-state index contributed by atoms with van der Waals surface area (Å²) in [5.74, 6) is 0.217. The molecule has 20 heavy (non-hydrogen) atoms. The minimum Gasteiger partial charge on any atom is -0.342 e. The minimum atomic E-state index is -0.998. The predicted molar refractivity (Wildman–Crippen MR) is 80.7 cm³/mol. The van der Waals surface area contributed by atoms with Gasteiger partial charge in [-0.05, 0) is 18.8 Å². The van der Waals surface area contributed by atoms with Crippen LogP contribution in [-0.4, -0.2) is 51.1 Å². The molecule has 0 aromatic carbocycles. The van der Waals surface area contributed by atoms with Crippen LogP contribution in [-0.2, 0) is 20.4 Å². The van der Waals surface area contributed by atoms with Crippen molar-refractivity contribution < 1.29 is 13.8 Å². The highest BCUT2D eigenvalue weighted by Crippen LogP contribution is 2.27. The molecule has 0 aromatic heterocycles. The fourth-order valence-electron chi connectivity index (χ4n) is 2.64. The lowest BCUT2D eigenvalue weighted by molar-refractivity contribution is -0.154. The molecule has 0 bridgehead atoms. The van der Waals surface area contributed by atoms with Crippen LogP contribution >= 0.6 is 0 Å². The number of carbonyl (C=O) groups is 2. The first-order chi connectivity index (χ1) is 9.09. The van der Waals surface area contributed by atoms with E-state index in [0.29, 0.717) is 12.2 Å². The smallest absolute Gasteiger partial charge is 0.246 e. The van der Waals surface area contributed by atoms with E-state index in [1.54, 1.807) is 11.2 Å². The number of nitrogens with zero attached hydrogens (tertiary/aromatic N) is 1. The topological polar surface area (TPSA) is 66.5 Å². The molecule has 0 aliphatic carbocycles. The highest BCUT2D eigenvalue weighted by molar-refractivity contribution is 7.84. The van der Waals surface area contributed by atoms with E-state index in [-0.39, 0.29) is 23.3 Å². The van der Waals surface area contributed by atoms with Crippen molar-refractivity contribution >= 4 is 22.6 Å². The molecule has 0 aromatic rings. The second-order valence-corrected chi connectivity index (χ2v) is 8.05. The molecular weight excluding hydrogens is 276 g/mol. The van der Waals surface area contributed by atoms with Gasteiger partial charge in [-0.1, -0.05) is 27.7 Å². The SMILES string of the molecule is CCC1C(=O)NC(C(C)(C)C)C(=O)N1C(C)CS(C)=O. The molecule has 2 amide bonds. The fourth-order valence-corrected chi connectivity index (χ4v) is 3.48. The van der Waals surface area contributed by atoms with Gasteiger partial charge in [0.2, 0.25) is 11.8 Å². The standard InChI is InChI=1S/C14H26N2O3S/c1-7-10-12(17)15-11(14(3,4)5)13(18)16(10)9(2)8-20(6)19/h9-11H,7-8H2,1-6H3,(H,15,17). The van der Waals surface area contributed by atoms with Crippen LogP contribution in [0.15, 0.2) is 0 Å². The highest BCUT2D eigenvalue weighted by Gasteiger charge is 2.46. The van der Waals surface area contributed by atoms with Crippen LogP contribution in [0.4, 0.5) is 0 Å². The number of carbonyl (C=O) groups excluding carboxylic acids is 2. The normalized spacial score (nSPS) is 27.2. The second kappa shape index (κ2) is 6.24. The van der Waals surface area contributed by atoms with Gasteiger partial charge in [-0.25, -0.2) is 0 Å². The maximum Gasteiger partial charge on any atom is 0.246 e. The summed E-state index contributed by atoms with van der Waals surface area (Å²) in [6.07, 6.45) is 2.18. The Balaban J connectivity index is 3.09. The molecule has 1 aliphatic rings. The van der Waals surface area contributed by atoms with Crippen molar-refractivity contribution in [2.24, 2.45) is 5.41 Å². The maximum absolute atomic E-state index is 12.7. The summed E-state index contributed by atoms with van der Waals surface area (Å²) < 4.78 is 11.4. The third kappa shape index (κ3) is 3.59. The zero-order valence-electron chi connectivity index (χ0n) is 13.2. The molecule has 1 rings (SSSR count). The number of rotatable bonds is 4. The number of nitrogens with one attached hydrogen (secondary N) is 1. The van der Waals surface area contributed by atoms with Crippen LogP contribution in [0.2, 0.25) is 0 Å². The lowest BCUT2D eigenvalue weighted by Gasteiger charge is -2.45. The largest absolute Gasteiger partial charge is 0.342 e. The molecular formula is C14H26N2O3S. The minimum absolute atomic E-state index is 0.0677. The number of amides is 2. The van der Waals surface area contributed by atoms with Gasteiger partial charge in [0.05, 0.1) is 0 Å². The molecule has 1 saturated heterocycles. The Morgan fingerprint density at radius 2 is 1.90 bits per heavy atom. The number of piperazine rings is 1. The van der Waals surface area contributed by atoms with Crippen molar-refractivity contribution in [1.29, 1.82) is 0 Å². The van der Waals surface area contributed by atoms with Gasteiger partial charge in [0.25, 0.3) is 0 Å². The zero-order chi connectivity index (χ0) is 15.7. The average Bonchev–Trinajstić information content (AvgIpc) is 2.28. The summed E-state index contributed by atoms with van der Waals surface area (Å²) in [5.41, 5.74) is -0.339. The van der Waals surface area contributed by atoms with E-state index < -0.39 is 22.9 Å². The fraction of sp³-hybridized carbons (Fsp3) is 0.857. The Morgan fingerprint density at radius 1 is 1.35 bits per heavy atom. The van der Waals surface area contributed by atoms with Crippen molar-refractivity contribution in [3.63, 3.8) is 0 Å². The van der Waals surface area contributed by atoms with Gasteiger partial charge in [-0.3, -0.25) is 13.8 Å². The van der Waals surface area contributed by atoms with E-state index in [2.05, 4.69) is 5.32 Å². The Bertz CT molecular complexity index is 417. The van der Waals surface area contributed by atoms with E-state index in [9.17, 15) is 13.8 Å². The van der Waals surface area contributed by atoms with Gasteiger partial charge >= 0.3 is 0 Å². The molecule has 4 atom stereocenters. The molecule has 0 saturated carbocycles. The molecule has 1 fully saturated rings. The first-order valence-electron chi connectivity index (χ1n) is 7.02. The van der Waals surface area contributed by atoms with Gasteiger partial charge in [0, 0.05) is 28.9 Å². The summed E-state index contributed by atoms with van der Waals surface area (Å²) in [4.78, 5) is 26.6. The van der Waals surface area contributed by atoms with E-state index in [1.807, 2.05) is 34.6 Å². The lowest BCUT2D eigenvalue weighted by atomic mass is 9.83. The molecule has 116 valence electrons. The average molecular weight is 302 g/mol. The van der Waals surface area contributed by atoms with E-state index >= 15 is 0 Å². The Labute approximate surface area is 123 Å². The van der Waals surface area contributed by atoms with Crippen molar-refractivity contribution in [1.82, 2.24) is 10.2 Å². The summed E-state index contributed by atoms with van der Waals surface area (Å²) in [6.45, 7) is 9.55. The van der Waals surface area contributed by atoms with Crippen LogP contribution in [0, 0.1) is 5.41 Å². The molecule has 4 unspecified atom stereocenters. The van der Waals surface area contributed by atoms with Crippen molar-refractivity contribution in [2.75, 3.05) is 12.0 Å². The van der Waals surface area contributed by atoms with Crippen LogP contribution in [0.1, 0.15) is 41.0 Å². The van der Waals surface area contributed by atoms with Gasteiger partial charge in [-0.15, -0.1) is 0 Å². The van der Waals surface area contributed by atoms with Crippen LogP contribution in [0.3, 0.4) is 0 Å². The Morgan fingerprint density at radius 3 is 2.30 bits per heavy atom. The highest BCUT2D eigenvalue weighted by atomic mass is 32.2. The van der Waals surface area contributed by atoms with Gasteiger partial charge in [0.15, 0.2) is 0 Å². The van der Waals surface area contributed by atoms with Crippen molar-refractivity contribution in [3.8, 4) is 0 Å². The number of hydrogen-bond acceptors (Lipinski definition) is 3. The second-order valence-electron chi connectivity index (χ2n) is 6.57. The molecule has 1 N–H and O–H groups in total. The van der Waals surface area contributed by atoms with Crippen LogP contribution < -0.4 is 5.32 Å². The monoisotopic (exact) mass is 302 g/mol. The van der Waals surface area contributed by atoms with Crippen LogP contribution in [0.5, 0.6) is 0 Å². The number of hydrogen-bond donors (Lipinski definition) is 1. The third-order valence-electron chi connectivity index (χ3n) is 3.63. The van der Waals surface area contributed by atoms with E-state index in [0.717, 1.165) is 0 Å².